The summed E-state index contributed by atoms with van der Waals surface area (Å²) in [5.41, 5.74) is -0.145. The first-order valence-electron chi connectivity index (χ1n) is 8.46. The van der Waals surface area contributed by atoms with Gasteiger partial charge in [0.15, 0.2) is 0 Å². The van der Waals surface area contributed by atoms with Crippen molar-refractivity contribution in [2.24, 2.45) is 0 Å². The third-order valence-electron chi connectivity index (χ3n) is 3.63. The number of halogens is 3. The maximum Gasteiger partial charge on any atom is 0.420 e. The van der Waals surface area contributed by atoms with Crippen molar-refractivity contribution >= 4 is 11.9 Å². The molecule has 2 aromatic rings. The fraction of sp³-hybridized carbons (Fsp3) is 0.0909. The first-order chi connectivity index (χ1) is 14.1. The highest BCUT2D eigenvalue weighted by molar-refractivity contribution is 5.87. The zero-order valence-corrected chi connectivity index (χ0v) is 15.9. The number of benzene rings is 2. The van der Waals surface area contributed by atoms with Crippen LogP contribution >= 0.6 is 0 Å². The molecule has 0 saturated heterocycles. The predicted octanol–water partition coefficient (Wildman–Crippen LogP) is 5.43. The average molecular weight is 418 g/mol. The van der Waals surface area contributed by atoms with E-state index in [-0.39, 0.29) is 16.9 Å². The van der Waals surface area contributed by atoms with Crippen molar-refractivity contribution in [2.75, 3.05) is 0 Å². The van der Waals surface area contributed by atoms with Gasteiger partial charge < -0.3 is 14.2 Å². The number of ether oxygens (including phenoxy) is 3. The van der Waals surface area contributed by atoms with Crippen LogP contribution in [0.25, 0.3) is 11.1 Å². The quantitative estimate of drug-likeness (QED) is 0.260. The molecule has 0 radical (unpaired) electrons. The summed E-state index contributed by atoms with van der Waals surface area (Å²) in [6.45, 7) is 8.08. The van der Waals surface area contributed by atoms with Gasteiger partial charge in [0, 0.05) is 11.6 Å². The lowest BCUT2D eigenvalue weighted by atomic mass is 10.0. The zero-order chi connectivity index (χ0) is 22.3. The first kappa shape index (κ1) is 22.5. The molecule has 8 heteroatoms. The Morgan fingerprint density at radius 1 is 1.00 bits per heavy atom. The van der Waals surface area contributed by atoms with Gasteiger partial charge in [-0.2, -0.15) is 13.2 Å². The van der Waals surface area contributed by atoms with Crippen LogP contribution in [0.4, 0.5) is 13.2 Å². The second kappa shape index (κ2) is 9.60. The molecule has 156 valence electrons. The Bertz CT molecular complexity index is 989. The standard InChI is InChI=1S/C22H17F3O5/c1-4-20(26)30-17-8-5-15(6-9-17)16-7-10-19(18(13-16)22(23,24)25)28-11-12-29-21(27)14(2)3/h4-13H,1-2H2,3H3/b12-11-. The molecule has 0 unspecified atom stereocenters. The molecule has 0 bridgehead atoms. The highest BCUT2D eigenvalue weighted by Gasteiger charge is 2.34. The molecule has 0 saturated carbocycles. The number of alkyl halides is 3. The lowest BCUT2D eigenvalue weighted by molar-refractivity contribution is -0.139. The number of carbonyl (C=O) groups excluding carboxylic acids is 2. The summed E-state index contributed by atoms with van der Waals surface area (Å²) in [6.07, 6.45) is -2.04. The SMILES string of the molecule is C=CC(=O)Oc1ccc(-c2ccc(O/C=C\OC(=O)C(=C)C)c(C(F)(F)F)c2)cc1. The Kier molecular flexibility index (Phi) is 7.19. The summed E-state index contributed by atoms with van der Waals surface area (Å²) in [4.78, 5) is 22.4. The summed E-state index contributed by atoms with van der Waals surface area (Å²) < 4.78 is 54.9. The molecule has 0 heterocycles. The molecule has 0 amide bonds. The van der Waals surface area contributed by atoms with Crippen LogP contribution < -0.4 is 9.47 Å². The Balaban J connectivity index is 2.24. The van der Waals surface area contributed by atoms with Gasteiger partial charge >= 0.3 is 18.1 Å². The van der Waals surface area contributed by atoms with Crippen molar-refractivity contribution in [1.29, 1.82) is 0 Å². The normalized spacial score (nSPS) is 11.1. The van der Waals surface area contributed by atoms with Gasteiger partial charge in [0.2, 0.25) is 0 Å². The monoisotopic (exact) mass is 418 g/mol. The van der Waals surface area contributed by atoms with E-state index in [2.05, 4.69) is 17.9 Å². The van der Waals surface area contributed by atoms with E-state index >= 15 is 0 Å². The van der Waals surface area contributed by atoms with E-state index < -0.39 is 29.4 Å². The van der Waals surface area contributed by atoms with E-state index in [0.717, 1.165) is 30.7 Å². The molecule has 0 aromatic heterocycles. The minimum Gasteiger partial charge on any atom is -0.461 e. The summed E-state index contributed by atoms with van der Waals surface area (Å²) in [5.74, 6) is -1.62. The van der Waals surface area contributed by atoms with Crippen LogP contribution in [-0.4, -0.2) is 11.9 Å². The van der Waals surface area contributed by atoms with E-state index in [1.807, 2.05) is 0 Å². The molecule has 0 fully saturated rings. The van der Waals surface area contributed by atoms with Crippen molar-refractivity contribution in [3.8, 4) is 22.6 Å². The van der Waals surface area contributed by atoms with Crippen molar-refractivity contribution in [3.05, 3.63) is 85.4 Å². The first-order valence-corrected chi connectivity index (χ1v) is 8.46. The fourth-order valence-corrected chi connectivity index (χ4v) is 2.20. The van der Waals surface area contributed by atoms with Crippen LogP contribution in [-0.2, 0) is 20.5 Å². The smallest absolute Gasteiger partial charge is 0.420 e. The molecule has 0 aliphatic heterocycles. The van der Waals surface area contributed by atoms with Gasteiger partial charge in [-0.05, 0) is 42.3 Å². The number of esters is 2. The molecule has 0 N–H and O–H groups in total. The van der Waals surface area contributed by atoms with Crippen LogP contribution in [0.5, 0.6) is 11.5 Å². The minimum atomic E-state index is -4.69. The molecular weight excluding hydrogens is 401 g/mol. The maximum atomic E-state index is 13.5. The third-order valence-corrected chi connectivity index (χ3v) is 3.63. The Morgan fingerprint density at radius 3 is 2.20 bits per heavy atom. The van der Waals surface area contributed by atoms with Crippen molar-refractivity contribution in [3.63, 3.8) is 0 Å². The summed E-state index contributed by atoms with van der Waals surface area (Å²) in [5, 5.41) is 0. The molecule has 2 rings (SSSR count). The molecule has 5 nitrogen and oxygen atoms in total. The molecule has 0 spiro atoms. The van der Waals surface area contributed by atoms with Gasteiger partial charge in [-0.25, -0.2) is 9.59 Å². The lowest BCUT2D eigenvalue weighted by Crippen LogP contribution is -2.07. The molecule has 30 heavy (non-hydrogen) atoms. The van der Waals surface area contributed by atoms with E-state index in [0.29, 0.717) is 5.56 Å². The summed E-state index contributed by atoms with van der Waals surface area (Å²) in [7, 11) is 0. The second-order valence-electron chi connectivity index (χ2n) is 5.93. The molecular formula is C22H17F3O5. The highest BCUT2D eigenvalue weighted by Crippen LogP contribution is 2.39. The van der Waals surface area contributed by atoms with Gasteiger partial charge in [-0.1, -0.05) is 31.4 Å². The van der Waals surface area contributed by atoms with Gasteiger partial charge in [0.1, 0.15) is 24.0 Å². The van der Waals surface area contributed by atoms with Crippen molar-refractivity contribution < 1.29 is 37.0 Å². The predicted molar refractivity (Wildman–Crippen MR) is 103 cm³/mol. The van der Waals surface area contributed by atoms with Gasteiger partial charge in [-0.3, -0.25) is 0 Å². The topological polar surface area (TPSA) is 61.8 Å². The third kappa shape index (κ3) is 6.10. The molecule has 0 aliphatic carbocycles. The molecule has 0 aliphatic rings. The maximum absolute atomic E-state index is 13.5. The Hall–Kier alpha value is -3.81. The highest BCUT2D eigenvalue weighted by atomic mass is 19.4. The van der Waals surface area contributed by atoms with Crippen LogP contribution in [0.1, 0.15) is 12.5 Å². The number of carbonyl (C=O) groups is 2. The fourth-order valence-electron chi connectivity index (χ4n) is 2.20. The minimum absolute atomic E-state index is 0.130. The Morgan fingerprint density at radius 2 is 1.63 bits per heavy atom. The number of rotatable bonds is 7. The van der Waals surface area contributed by atoms with Crippen molar-refractivity contribution in [1.82, 2.24) is 0 Å². The summed E-state index contributed by atoms with van der Waals surface area (Å²) >= 11 is 0. The second-order valence-corrected chi connectivity index (χ2v) is 5.93. The lowest BCUT2D eigenvalue weighted by Gasteiger charge is -2.14. The van der Waals surface area contributed by atoms with Crippen molar-refractivity contribution in [2.45, 2.75) is 13.1 Å². The summed E-state index contributed by atoms with van der Waals surface area (Å²) in [6, 6.07) is 9.43. The zero-order valence-electron chi connectivity index (χ0n) is 15.9. The van der Waals surface area contributed by atoms with Crippen LogP contribution in [0, 0.1) is 0 Å². The van der Waals surface area contributed by atoms with Crippen LogP contribution in [0.2, 0.25) is 0 Å². The van der Waals surface area contributed by atoms with Gasteiger partial charge in [0.25, 0.3) is 0 Å². The molecule has 2 aromatic carbocycles. The number of hydrogen-bond acceptors (Lipinski definition) is 5. The van der Waals surface area contributed by atoms with E-state index in [1.54, 1.807) is 0 Å². The van der Waals surface area contributed by atoms with Crippen LogP contribution in [0.3, 0.4) is 0 Å². The molecule has 0 atom stereocenters. The largest absolute Gasteiger partial charge is 0.461 e. The van der Waals surface area contributed by atoms with E-state index in [9.17, 15) is 22.8 Å². The Labute approximate surface area is 170 Å². The van der Waals surface area contributed by atoms with Crippen LogP contribution in [0.15, 0.2) is 79.8 Å². The van der Waals surface area contributed by atoms with E-state index in [1.165, 1.54) is 37.3 Å². The van der Waals surface area contributed by atoms with Gasteiger partial charge in [0.05, 0.1) is 5.56 Å². The van der Waals surface area contributed by atoms with E-state index in [4.69, 9.17) is 9.47 Å². The number of hydrogen-bond donors (Lipinski definition) is 0. The average Bonchev–Trinajstić information content (AvgIpc) is 2.70. The van der Waals surface area contributed by atoms with Gasteiger partial charge in [-0.15, -0.1) is 0 Å².